The lowest BCUT2D eigenvalue weighted by atomic mass is 10.2. The average Bonchev–Trinajstić information content (AvgIpc) is 2.68. The van der Waals surface area contributed by atoms with E-state index in [1.807, 2.05) is 24.3 Å². The van der Waals surface area contributed by atoms with Crippen molar-refractivity contribution in [2.45, 2.75) is 11.8 Å². The van der Waals surface area contributed by atoms with Crippen molar-refractivity contribution in [2.24, 2.45) is 5.10 Å². The van der Waals surface area contributed by atoms with E-state index in [0.717, 1.165) is 11.3 Å². The summed E-state index contributed by atoms with van der Waals surface area (Å²) in [6, 6.07) is 15.1. The molecule has 1 heterocycles. The van der Waals surface area contributed by atoms with Crippen LogP contribution in [0.4, 0.5) is 11.8 Å². The molecule has 0 aliphatic heterocycles. The Labute approximate surface area is 173 Å². The zero-order chi connectivity index (χ0) is 20.9. The summed E-state index contributed by atoms with van der Waals surface area (Å²) in [7, 11) is -2.34. The Morgan fingerprint density at radius 3 is 2.52 bits per heavy atom. The van der Waals surface area contributed by atoms with Crippen LogP contribution in [0.15, 0.2) is 64.6 Å². The van der Waals surface area contributed by atoms with Crippen LogP contribution in [0.3, 0.4) is 0 Å². The molecule has 0 aliphatic carbocycles. The summed E-state index contributed by atoms with van der Waals surface area (Å²) in [5.41, 5.74) is 4.17. The maximum atomic E-state index is 12.6. The van der Waals surface area contributed by atoms with Crippen molar-refractivity contribution in [1.29, 1.82) is 0 Å². The summed E-state index contributed by atoms with van der Waals surface area (Å²) in [4.78, 5) is 8.20. The minimum atomic E-state index is -3.93. The molecule has 2 N–H and O–H groups in total. The highest BCUT2D eigenvalue weighted by molar-refractivity contribution is 7.92. The molecular weight excluding hydrogens is 414 g/mol. The maximum Gasteiger partial charge on any atom is 0.265 e. The van der Waals surface area contributed by atoms with E-state index in [9.17, 15) is 8.42 Å². The second-order valence-electron chi connectivity index (χ2n) is 5.90. The lowest BCUT2D eigenvalue weighted by Gasteiger charge is -2.09. The molecule has 0 atom stereocenters. The first-order chi connectivity index (χ1) is 13.9. The molecule has 0 spiro atoms. The van der Waals surface area contributed by atoms with Crippen LogP contribution >= 0.6 is 11.6 Å². The van der Waals surface area contributed by atoms with Crippen molar-refractivity contribution >= 4 is 39.6 Å². The van der Waals surface area contributed by atoms with Gasteiger partial charge in [-0.15, -0.1) is 0 Å². The molecule has 0 saturated carbocycles. The highest BCUT2D eigenvalue weighted by Crippen LogP contribution is 2.22. The van der Waals surface area contributed by atoms with E-state index in [1.165, 1.54) is 12.1 Å². The van der Waals surface area contributed by atoms with Gasteiger partial charge in [0.05, 0.1) is 18.3 Å². The second kappa shape index (κ2) is 8.89. The second-order valence-corrected chi connectivity index (χ2v) is 7.96. The number of benzene rings is 2. The van der Waals surface area contributed by atoms with Gasteiger partial charge in [0.1, 0.15) is 10.6 Å². The third kappa shape index (κ3) is 5.43. The van der Waals surface area contributed by atoms with Crippen LogP contribution in [0, 0.1) is 6.92 Å². The van der Waals surface area contributed by atoms with E-state index in [0.29, 0.717) is 11.5 Å². The van der Waals surface area contributed by atoms with Gasteiger partial charge in [0.25, 0.3) is 10.0 Å². The van der Waals surface area contributed by atoms with Crippen molar-refractivity contribution in [3.8, 4) is 5.75 Å². The molecule has 1 aromatic heterocycles. The molecule has 150 valence electrons. The summed E-state index contributed by atoms with van der Waals surface area (Å²) < 4.78 is 32.6. The number of sulfonamides is 1. The Hall–Kier alpha value is -3.17. The van der Waals surface area contributed by atoms with Gasteiger partial charge in [-0.25, -0.2) is 18.1 Å². The number of nitrogens with zero attached hydrogens (tertiary/aromatic N) is 3. The topological polar surface area (TPSA) is 106 Å². The molecule has 2 aromatic carbocycles. The predicted molar refractivity (Wildman–Crippen MR) is 113 cm³/mol. The molecule has 29 heavy (non-hydrogen) atoms. The fourth-order valence-electron chi connectivity index (χ4n) is 2.37. The first-order valence-electron chi connectivity index (χ1n) is 8.43. The van der Waals surface area contributed by atoms with Crippen LogP contribution in [-0.2, 0) is 10.0 Å². The number of halogens is 1. The zero-order valence-electron chi connectivity index (χ0n) is 15.6. The summed E-state index contributed by atoms with van der Waals surface area (Å²) in [5, 5.41) is 4.22. The number of anilines is 2. The van der Waals surface area contributed by atoms with E-state index >= 15 is 0 Å². The van der Waals surface area contributed by atoms with Gasteiger partial charge in [-0.05, 0) is 48.9 Å². The van der Waals surface area contributed by atoms with E-state index in [1.54, 1.807) is 38.4 Å². The summed E-state index contributed by atoms with van der Waals surface area (Å²) in [5.74, 6) is 0.989. The summed E-state index contributed by atoms with van der Waals surface area (Å²) >= 11 is 5.98. The highest BCUT2D eigenvalue weighted by atomic mass is 35.5. The smallest absolute Gasteiger partial charge is 0.265 e. The average molecular weight is 432 g/mol. The Bertz CT molecular complexity index is 1130. The van der Waals surface area contributed by atoms with Gasteiger partial charge >= 0.3 is 0 Å². The zero-order valence-corrected chi connectivity index (χ0v) is 17.2. The fraction of sp³-hybridized carbons (Fsp3) is 0.105. The molecule has 3 aromatic rings. The molecule has 0 fully saturated rings. The van der Waals surface area contributed by atoms with Crippen molar-refractivity contribution in [1.82, 2.24) is 9.97 Å². The molecule has 0 amide bonds. The van der Waals surface area contributed by atoms with Crippen LogP contribution in [0.1, 0.15) is 11.3 Å². The number of hydrazone groups is 1. The van der Waals surface area contributed by atoms with Gasteiger partial charge in [-0.1, -0.05) is 23.7 Å². The quantitative estimate of drug-likeness (QED) is 0.436. The fourth-order valence-corrected chi connectivity index (χ4v) is 3.84. The minimum Gasteiger partial charge on any atom is -0.497 e. The number of aryl methyl sites for hydroxylation is 1. The summed E-state index contributed by atoms with van der Waals surface area (Å²) in [6.45, 7) is 1.72. The first-order valence-corrected chi connectivity index (χ1v) is 10.3. The van der Waals surface area contributed by atoms with Gasteiger partial charge in [0, 0.05) is 11.8 Å². The van der Waals surface area contributed by atoms with E-state index in [2.05, 4.69) is 25.2 Å². The van der Waals surface area contributed by atoms with Crippen molar-refractivity contribution < 1.29 is 13.2 Å². The van der Waals surface area contributed by atoms with Crippen LogP contribution in [-0.4, -0.2) is 31.7 Å². The number of nitrogens with one attached hydrogen (secondary N) is 2. The monoisotopic (exact) mass is 431 g/mol. The molecule has 10 heteroatoms. The number of aromatic nitrogens is 2. The molecule has 0 aliphatic rings. The van der Waals surface area contributed by atoms with Crippen LogP contribution in [0.5, 0.6) is 5.75 Å². The molecule has 3 rings (SSSR count). The van der Waals surface area contributed by atoms with Gasteiger partial charge in [0.15, 0.2) is 5.82 Å². The van der Waals surface area contributed by atoms with E-state index in [4.69, 9.17) is 16.3 Å². The summed E-state index contributed by atoms with van der Waals surface area (Å²) in [6.07, 6.45) is 1.60. The molecular formula is C19H18ClN5O3S. The van der Waals surface area contributed by atoms with Gasteiger partial charge < -0.3 is 4.74 Å². The number of hydrogen-bond acceptors (Lipinski definition) is 7. The predicted octanol–water partition coefficient (Wildman–Crippen LogP) is 3.69. The van der Waals surface area contributed by atoms with Crippen LogP contribution in [0.2, 0.25) is 5.02 Å². The van der Waals surface area contributed by atoms with E-state index < -0.39 is 10.0 Å². The first kappa shape index (κ1) is 20.6. The molecule has 0 saturated heterocycles. The lowest BCUT2D eigenvalue weighted by Crippen LogP contribution is -2.16. The van der Waals surface area contributed by atoms with Crippen molar-refractivity contribution in [2.75, 3.05) is 17.3 Å². The SMILES string of the molecule is COc1ccc(/C=N\Nc2cc(C)nc(NS(=O)(=O)c3ccccc3Cl)n2)cc1. The van der Waals surface area contributed by atoms with E-state index in [-0.39, 0.29) is 15.9 Å². The molecule has 0 unspecified atom stereocenters. The van der Waals surface area contributed by atoms with Gasteiger partial charge in [-0.2, -0.15) is 10.1 Å². The Balaban J connectivity index is 1.75. The van der Waals surface area contributed by atoms with Crippen LogP contribution < -0.4 is 14.9 Å². The van der Waals surface area contributed by atoms with Gasteiger partial charge in [-0.3, -0.25) is 5.43 Å². The number of rotatable bonds is 7. The van der Waals surface area contributed by atoms with Gasteiger partial charge in [0.2, 0.25) is 5.95 Å². The van der Waals surface area contributed by atoms with Crippen molar-refractivity contribution in [3.05, 3.63) is 70.9 Å². The molecule has 0 bridgehead atoms. The standard InChI is InChI=1S/C19H18ClN5O3S/c1-13-11-18(24-21-12-14-7-9-15(28-2)10-8-14)23-19(22-13)25-29(26,27)17-6-4-3-5-16(17)20/h3-12H,1-2H3,(H2,22,23,24,25)/b21-12-. The Morgan fingerprint density at radius 2 is 1.83 bits per heavy atom. The van der Waals surface area contributed by atoms with Crippen molar-refractivity contribution in [3.63, 3.8) is 0 Å². The highest BCUT2D eigenvalue weighted by Gasteiger charge is 2.19. The molecule has 0 radical (unpaired) electrons. The Kier molecular flexibility index (Phi) is 6.30. The third-order valence-electron chi connectivity index (χ3n) is 3.71. The third-order valence-corrected chi connectivity index (χ3v) is 5.54. The lowest BCUT2D eigenvalue weighted by molar-refractivity contribution is 0.415. The number of ether oxygens (including phenoxy) is 1. The minimum absolute atomic E-state index is 0.0567. The normalized spacial score (nSPS) is 11.4. The molecule has 8 nitrogen and oxygen atoms in total. The van der Waals surface area contributed by atoms with Crippen LogP contribution in [0.25, 0.3) is 0 Å². The maximum absolute atomic E-state index is 12.6. The Morgan fingerprint density at radius 1 is 1.10 bits per heavy atom. The number of hydrogen-bond donors (Lipinski definition) is 2. The largest absolute Gasteiger partial charge is 0.497 e. The number of methoxy groups -OCH3 is 1.